The second-order valence-corrected chi connectivity index (χ2v) is 5.78. The number of benzene rings is 2. The maximum atomic E-state index is 12.1. The lowest BCUT2D eigenvalue weighted by Gasteiger charge is -2.09. The molecule has 0 atom stereocenters. The molecule has 2 aromatic carbocycles. The van der Waals surface area contributed by atoms with E-state index in [-0.39, 0.29) is 0 Å². The van der Waals surface area contributed by atoms with Crippen LogP contribution in [0.15, 0.2) is 48.5 Å². The van der Waals surface area contributed by atoms with Crippen LogP contribution in [0.25, 0.3) is 0 Å². The molecule has 0 saturated carbocycles. The van der Waals surface area contributed by atoms with Gasteiger partial charge >= 0.3 is 5.97 Å². The monoisotopic (exact) mass is 318 g/mol. The highest BCUT2D eigenvalue weighted by molar-refractivity contribution is 6.32. The second-order valence-electron chi connectivity index (χ2n) is 5.38. The molecule has 0 amide bonds. The third-order valence-electron chi connectivity index (χ3n) is 3.09. The van der Waals surface area contributed by atoms with E-state index < -0.39 is 5.97 Å². The van der Waals surface area contributed by atoms with Crippen molar-refractivity contribution in [3.63, 3.8) is 0 Å². The van der Waals surface area contributed by atoms with E-state index in [1.807, 2.05) is 0 Å². The number of para-hydroxylation sites is 1. The minimum atomic E-state index is -0.443. The average molecular weight is 319 g/mol. The number of carbonyl (C=O) groups is 1. The van der Waals surface area contributed by atoms with E-state index in [1.54, 1.807) is 48.5 Å². The Hall–Kier alpha value is -2.00. The zero-order valence-corrected chi connectivity index (χ0v) is 13.5. The quantitative estimate of drug-likeness (QED) is 0.556. The number of hydrogen-bond acceptors (Lipinski definition) is 3. The third kappa shape index (κ3) is 4.78. The zero-order valence-electron chi connectivity index (χ0n) is 12.7. The van der Waals surface area contributed by atoms with Crippen LogP contribution in [0.4, 0.5) is 0 Å². The fourth-order valence-electron chi connectivity index (χ4n) is 1.79. The molecule has 0 N–H and O–H groups in total. The summed E-state index contributed by atoms with van der Waals surface area (Å²) in [5, 5.41) is 0.407. The molecule has 116 valence electrons. The molecule has 0 radical (unpaired) electrons. The summed E-state index contributed by atoms with van der Waals surface area (Å²) < 4.78 is 10.9. The molecule has 0 aliphatic rings. The smallest absolute Gasteiger partial charge is 0.343 e. The van der Waals surface area contributed by atoms with Crippen LogP contribution in [-0.2, 0) is 0 Å². The third-order valence-corrected chi connectivity index (χ3v) is 3.41. The summed E-state index contributed by atoms with van der Waals surface area (Å²) in [5.74, 6) is 1.26. The summed E-state index contributed by atoms with van der Waals surface area (Å²) in [6, 6.07) is 13.8. The number of rotatable bonds is 6. The Bertz CT molecular complexity index is 620. The highest BCUT2D eigenvalue weighted by Gasteiger charge is 2.10. The van der Waals surface area contributed by atoms with Crippen LogP contribution in [0.5, 0.6) is 11.5 Å². The van der Waals surface area contributed by atoms with Crippen molar-refractivity contribution in [3.05, 3.63) is 59.1 Å². The van der Waals surface area contributed by atoms with Gasteiger partial charge in [-0.15, -0.1) is 0 Å². The first-order valence-corrected chi connectivity index (χ1v) is 7.63. The molecule has 4 heteroatoms. The summed E-state index contributed by atoms with van der Waals surface area (Å²) >= 11 is 5.97. The Morgan fingerprint density at radius 2 is 1.77 bits per heavy atom. The minimum absolute atomic E-state index is 0.353. The van der Waals surface area contributed by atoms with E-state index in [2.05, 4.69) is 13.8 Å². The van der Waals surface area contributed by atoms with E-state index in [0.717, 1.165) is 12.2 Å². The highest BCUT2D eigenvalue weighted by atomic mass is 35.5. The van der Waals surface area contributed by atoms with Gasteiger partial charge in [0.2, 0.25) is 0 Å². The summed E-state index contributed by atoms with van der Waals surface area (Å²) in [6.07, 6.45) is 0.996. The van der Waals surface area contributed by atoms with Gasteiger partial charge in [-0.2, -0.15) is 0 Å². The molecule has 0 aliphatic heterocycles. The van der Waals surface area contributed by atoms with Crippen LogP contribution in [0.2, 0.25) is 5.02 Å². The number of esters is 1. The normalized spacial score (nSPS) is 10.5. The molecule has 0 aromatic heterocycles. The SMILES string of the molecule is CC(C)CCOc1ccc(C(=O)Oc2ccccc2Cl)cc1. The molecule has 0 bridgehead atoms. The Morgan fingerprint density at radius 3 is 2.41 bits per heavy atom. The summed E-state index contributed by atoms with van der Waals surface area (Å²) in [5.41, 5.74) is 0.455. The van der Waals surface area contributed by atoms with Crippen molar-refractivity contribution in [2.24, 2.45) is 5.92 Å². The molecule has 3 nitrogen and oxygen atoms in total. The average Bonchev–Trinajstić information content (AvgIpc) is 2.50. The maximum Gasteiger partial charge on any atom is 0.343 e. The highest BCUT2D eigenvalue weighted by Crippen LogP contribution is 2.24. The fraction of sp³-hybridized carbons (Fsp3) is 0.278. The van der Waals surface area contributed by atoms with Crippen LogP contribution in [-0.4, -0.2) is 12.6 Å². The second kappa shape index (κ2) is 7.85. The van der Waals surface area contributed by atoms with E-state index in [9.17, 15) is 4.79 Å². The predicted octanol–water partition coefficient (Wildman–Crippen LogP) is 4.98. The van der Waals surface area contributed by atoms with Crippen LogP contribution in [0, 0.1) is 5.92 Å². The van der Waals surface area contributed by atoms with Crippen molar-refractivity contribution in [2.45, 2.75) is 20.3 Å². The lowest BCUT2D eigenvalue weighted by Crippen LogP contribution is -2.08. The molecule has 0 aliphatic carbocycles. The molecule has 2 rings (SSSR count). The van der Waals surface area contributed by atoms with Gasteiger partial charge in [0, 0.05) is 0 Å². The van der Waals surface area contributed by atoms with E-state index in [1.165, 1.54) is 0 Å². The molecule has 0 unspecified atom stereocenters. The van der Waals surface area contributed by atoms with Gasteiger partial charge in [0.1, 0.15) is 11.5 Å². The van der Waals surface area contributed by atoms with Crippen molar-refractivity contribution in [2.75, 3.05) is 6.61 Å². The van der Waals surface area contributed by atoms with Crippen LogP contribution < -0.4 is 9.47 Å². The Balaban J connectivity index is 1.95. The fourth-order valence-corrected chi connectivity index (χ4v) is 1.96. The molecule has 0 spiro atoms. The van der Waals surface area contributed by atoms with Gasteiger partial charge < -0.3 is 9.47 Å². The molecule has 2 aromatic rings. The number of halogens is 1. The lowest BCUT2D eigenvalue weighted by molar-refractivity contribution is 0.0735. The van der Waals surface area contributed by atoms with Crippen LogP contribution in [0.1, 0.15) is 30.6 Å². The first kappa shape index (κ1) is 16.4. The first-order valence-electron chi connectivity index (χ1n) is 7.26. The van der Waals surface area contributed by atoms with Gasteiger partial charge in [0.25, 0.3) is 0 Å². The molecule has 22 heavy (non-hydrogen) atoms. The number of ether oxygens (including phenoxy) is 2. The van der Waals surface area contributed by atoms with Crippen molar-refractivity contribution < 1.29 is 14.3 Å². The van der Waals surface area contributed by atoms with E-state index >= 15 is 0 Å². The predicted molar refractivity (Wildman–Crippen MR) is 87.8 cm³/mol. The van der Waals surface area contributed by atoms with Gasteiger partial charge in [-0.3, -0.25) is 0 Å². The van der Waals surface area contributed by atoms with E-state index in [0.29, 0.717) is 28.9 Å². The van der Waals surface area contributed by atoms with Gasteiger partial charge in [-0.1, -0.05) is 37.6 Å². The van der Waals surface area contributed by atoms with Gasteiger partial charge in [0.15, 0.2) is 0 Å². The zero-order chi connectivity index (χ0) is 15.9. The molecular formula is C18H19ClO3. The lowest BCUT2D eigenvalue weighted by atomic mass is 10.1. The maximum absolute atomic E-state index is 12.1. The van der Waals surface area contributed by atoms with Crippen LogP contribution in [0.3, 0.4) is 0 Å². The van der Waals surface area contributed by atoms with Gasteiger partial charge in [-0.05, 0) is 48.7 Å². The molecule has 0 saturated heterocycles. The summed E-state index contributed by atoms with van der Waals surface area (Å²) in [7, 11) is 0. The minimum Gasteiger partial charge on any atom is -0.494 e. The number of hydrogen-bond donors (Lipinski definition) is 0. The standard InChI is InChI=1S/C18H19ClO3/c1-13(2)11-12-21-15-9-7-14(8-10-15)18(20)22-17-6-4-3-5-16(17)19/h3-10,13H,11-12H2,1-2H3. The van der Waals surface area contributed by atoms with E-state index in [4.69, 9.17) is 21.1 Å². The van der Waals surface area contributed by atoms with Gasteiger partial charge in [0.05, 0.1) is 17.2 Å². The van der Waals surface area contributed by atoms with Crippen molar-refractivity contribution in [1.82, 2.24) is 0 Å². The first-order chi connectivity index (χ1) is 10.6. The Morgan fingerprint density at radius 1 is 1.09 bits per heavy atom. The largest absolute Gasteiger partial charge is 0.494 e. The topological polar surface area (TPSA) is 35.5 Å². The Labute approximate surface area is 135 Å². The van der Waals surface area contributed by atoms with Crippen LogP contribution >= 0.6 is 11.6 Å². The van der Waals surface area contributed by atoms with Crippen molar-refractivity contribution >= 4 is 17.6 Å². The van der Waals surface area contributed by atoms with Gasteiger partial charge in [-0.25, -0.2) is 4.79 Å². The molecular weight excluding hydrogens is 300 g/mol. The number of carbonyl (C=O) groups excluding carboxylic acids is 1. The Kier molecular flexibility index (Phi) is 5.84. The summed E-state index contributed by atoms with van der Waals surface area (Å²) in [6.45, 7) is 4.97. The van der Waals surface area contributed by atoms with Crippen molar-refractivity contribution in [1.29, 1.82) is 0 Å². The summed E-state index contributed by atoms with van der Waals surface area (Å²) in [4.78, 5) is 12.1. The molecule has 0 heterocycles. The van der Waals surface area contributed by atoms with Crippen molar-refractivity contribution in [3.8, 4) is 11.5 Å². The molecule has 0 fully saturated rings.